The number of anilines is 1. The van der Waals surface area contributed by atoms with Crippen LogP contribution in [0.3, 0.4) is 0 Å². The molecule has 5 rings (SSSR count). The first kappa shape index (κ1) is 19.8. The molecule has 2 aliphatic heterocycles. The number of fused-ring (bicyclic) bond motifs is 1. The van der Waals surface area contributed by atoms with E-state index in [2.05, 4.69) is 5.32 Å². The fourth-order valence-corrected chi connectivity index (χ4v) is 4.04. The normalized spacial score (nSPS) is 19.4. The van der Waals surface area contributed by atoms with Crippen molar-refractivity contribution in [2.75, 3.05) is 5.32 Å². The van der Waals surface area contributed by atoms with Gasteiger partial charge >= 0.3 is 5.97 Å². The van der Waals surface area contributed by atoms with Gasteiger partial charge in [-0.1, -0.05) is 36.4 Å². The van der Waals surface area contributed by atoms with Gasteiger partial charge in [0.15, 0.2) is 0 Å². The van der Waals surface area contributed by atoms with Crippen LogP contribution in [0.2, 0.25) is 0 Å². The Morgan fingerprint density at radius 1 is 0.906 bits per heavy atom. The molecular weight excluding hydrogens is 408 g/mol. The minimum Gasteiger partial charge on any atom is -0.457 e. The van der Waals surface area contributed by atoms with E-state index in [1.54, 1.807) is 48.5 Å². The topological polar surface area (TPSA) is 84.9 Å². The van der Waals surface area contributed by atoms with E-state index in [4.69, 9.17) is 9.47 Å². The van der Waals surface area contributed by atoms with Gasteiger partial charge in [0.05, 0.1) is 5.56 Å². The second-order valence-corrected chi connectivity index (χ2v) is 7.63. The number of cyclic esters (lactones) is 1. The summed E-state index contributed by atoms with van der Waals surface area (Å²) in [5.41, 5.74) is 1.61. The third-order valence-corrected chi connectivity index (χ3v) is 5.58. The molecule has 0 bridgehead atoms. The molecule has 0 saturated carbocycles. The Labute approximate surface area is 184 Å². The molecule has 3 aromatic rings. The number of rotatable bonds is 5. The number of benzene rings is 3. The van der Waals surface area contributed by atoms with Crippen LogP contribution >= 0.6 is 0 Å². The minimum atomic E-state index is -0.883. The smallest absolute Gasteiger partial charge is 0.340 e. The molecule has 0 aromatic heterocycles. The van der Waals surface area contributed by atoms with Crippen molar-refractivity contribution < 1.29 is 23.9 Å². The van der Waals surface area contributed by atoms with Crippen molar-refractivity contribution in [3.05, 3.63) is 90.0 Å². The first-order valence-electron chi connectivity index (χ1n) is 10.3. The van der Waals surface area contributed by atoms with Crippen LogP contribution in [0.25, 0.3) is 0 Å². The van der Waals surface area contributed by atoms with E-state index in [1.165, 1.54) is 4.90 Å². The fourth-order valence-electron chi connectivity index (χ4n) is 4.04. The second kappa shape index (κ2) is 8.19. The molecule has 2 heterocycles. The molecule has 32 heavy (non-hydrogen) atoms. The van der Waals surface area contributed by atoms with Crippen LogP contribution in [-0.4, -0.2) is 28.7 Å². The highest BCUT2D eigenvalue weighted by Gasteiger charge is 2.46. The van der Waals surface area contributed by atoms with E-state index in [9.17, 15) is 14.4 Å². The Hall–Kier alpha value is -4.13. The number of nitrogens with one attached hydrogen (secondary N) is 1. The average Bonchev–Trinajstić information content (AvgIpc) is 3.35. The molecule has 0 spiro atoms. The highest BCUT2D eigenvalue weighted by molar-refractivity contribution is 6.00. The number of carbonyl (C=O) groups is 3. The van der Waals surface area contributed by atoms with Crippen LogP contribution < -0.4 is 10.1 Å². The maximum absolute atomic E-state index is 13.0. The van der Waals surface area contributed by atoms with Crippen LogP contribution in [0.5, 0.6) is 11.5 Å². The molecule has 160 valence electrons. The van der Waals surface area contributed by atoms with Crippen molar-refractivity contribution in [3.8, 4) is 11.5 Å². The number of carbonyl (C=O) groups excluding carboxylic acids is 3. The maximum Gasteiger partial charge on any atom is 0.340 e. The fraction of sp³-hybridized carbons (Fsp3) is 0.160. The van der Waals surface area contributed by atoms with E-state index >= 15 is 0 Å². The lowest BCUT2D eigenvalue weighted by Gasteiger charge is -2.29. The highest BCUT2D eigenvalue weighted by Crippen LogP contribution is 2.38. The van der Waals surface area contributed by atoms with Crippen LogP contribution in [0.1, 0.15) is 35.0 Å². The molecule has 1 saturated heterocycles. The lowest BCUT2D eigenvalue weighted by Crippen LogP contribution is -2.43. The van der Waals surface area contributed by atoms with Gasteiger partial charge in [0.25, 0.3) is 0 Å². The summed E-state index contributed by atoms with van der Waals surface area (Å²) in [7, 11) is 0. The van der Waals surface area contributed by atoms with Crippen molar-refractivity contribution in [2.45, 2.75) is 25.1 Å². The number of nitrogens with zero attached hydrogens (tertiary/aromatic N) is 1. The van der Waals surface area contributed by atoms with Crippen LogP contribution in [0.4, 0.5) is 5.69 Å². The van der Waals surface area contributed by atoms with E-state index < -0.39 is 18.2 Å². The molecule has 7 nitrogen and oxygen atoms in total. The monoisotopic (exact) mass is 428 g/mol. The standard InChI is InChI=1S/C25H20N2O5/c28-22-15-14-21(27(22)24-19-8-4-5-9-20(19)25(30)32-24)23(29)26-16-10-12-18(13-11-16)31-17-6-2-1-3-7-17/h1-13,21,24H,14-15H2,(H,26,29)/t21-,24+/m1/s1. The first-order chi connectivity index (χ1) is 15.6. The van der Waals surface area contributed by atoms with Crippen molar-refractivity contribution in [3.63, 3.8) is 0 Å². The highest BCUT2D eigenvalue weighted by atomic mass is 16.6. The van der Waals surface area contributed by atoms with Gasteiger partial charge < -0.3 is 14.8 Å². The third-order valence-electron chi connectivity index (χ3n) is 5.58. The second-order valence-electron chi connectivity index (χ2n) is 7.63. The van der Waals surface area contributed by atoms with Gasteiger partial charge in [0, 0.05) is 17.7 Å². The van der Waals surface area contributed by atoms with E-state index in [-0.39, 0.29) is 18.2 Å². The summed E-state index contributed by atoms with van der Waals surface area (Å²) in [6.45, 7) is 0. The number of amides is 2. The van der Waals surface area contributed by atoms with Gasteiger partial charge in [-0.3, -0.25) is 14.5 Å². The Morgan fingerprint density at radius 2 is 1.59 bits per heavy atom. The Morgan fingerprint density at radius 3 is 2.38 bits per heavy atom. The Bertz CT molecular complexity index is 1180. The average molecular weight is 428 g/mol. The van der Waals surface area contributed by atoms with Crippen LogP contribution in [0, 0.1) is 0 Å². The van der Waals surface area contributed by atoms with Crippen LogP contribution in [0.15, 0.2) is 78.9 Å². The van der Waals surface area contributed by atoms with Gasteiger partial charge in [-0.15, -0.1) is 0 Å². The largest absolute Gasteiger partial charge is 0.457 e. The molecule has 7 heteroatoms. The maximum atomic E-state index is 13.0. The zero-order valence-corrected chi connectivity index (χ0v) is 17.1. The zero-order chi connectivity index (χ0) is 22.1. The molecule has 0 aliphatic carbocycles. The molecule has 2 atom stereocenters. The number of ether oxygens (including phenoxy) is 2. The van der Waals surface area contributed by atoms with Crippen molar-refractivity contribution in [1.82, 2.24) is 4.90 Å². The molecule has 3 aromatic carbocycles. The lowest BCUT2D eigenvalue weighted by atomic mass is 10.1. The van der Waals surface area contributed by atoms with Crippen molar-refractivity contribution in [1.29, 1.82) is 0 Å². The molecule has 1 fully saturated rings. The molecular formula is C25H20N2O5. The first-order valence-corrected chi connectivity index (χ1v) is 10.3. The van der Waals surface area contributed by atoms with Gasteiger partial charge in [-0.05, 0) is 48.9 Å². The van der Waals surface area contributed by atoms with Crippen molar-refractivity contribution in [2.24, 2.45) is 0 Å². The number of para-hydroxylation sites is 1. The SMILES string of the molecule is O=C1O[C@H](N2C(=O)CC[C@@H]2C(=O)Nc2ccc(Oc3ccccc3)cc2)c2ccccc21. The Balaban J connectivity index is 1.30. The summed E-state index contributed by atoms with van der Waals surface area (Å²) in [5, 5.41) is 2.86. The predicted molar refractivity (Wildman–Crippen MR) is 116 cm³/mol. The number of likely N-dealkylation sites (tertiary alicyclic amines) is 1. The number of hydrogen-bond donors (Lipinski definition) is 1. The summed E-state index contributed by atoms with van der Waals surface area (Å²) in [5.74, 6) is 0.329. The summed E-state index contributed by atoms with van der Waals surface area (Å²) < 4.78 is 11.2. The molecule has 1 N–H and O–H groups in total. The van der Waals surface area contributed by atoms with Gasteiger partial charge in [0.1, 0.15) is 17.5 Å². The molecule has 0 radical (unpaired) electrons. The summed E-state index contributed by atoms with van der Waals surface area (Å²) in [4.78, 5) is 39.2. The number of esters is 1. The number of hydrogen-bond acceptors (Lipinski definition) is 5. The quantitative estimate of drug-likeness (QED) is 0.613. The van der Waals surface area contributed by atoms with Crippen LogP contribution in [-0.2, 0) is 14.3 Å². The van der Waals surface area contributed by atoms with Crippen molar-refractivity contribution >= 4 is 23.5 Å². The van der Waals surface area contributed by atoms with Gasteiger partial charge in [0.2, 0.25) is 18.0 Å². The van der Waals surface area contributed by atoms with E-state index in [0.29, 0.717) is 29.0 Å². The van der Waals surface area contributed by atoms with E-state index in [0.717, 1.165) is 5.75 Å². The molecule has 2 amide bonds. The zero-order valence-electron chi connectivity index (χ0n) is 17.1. The summed E-state index contributed by atoms with van der Waals surface area (Å²) in [6, 6.07) is 22.6. The minimum absolute atomic E-state index is 0.216. The predicted octanol–water partition coefficient (Wildman–Crippen LogP) is 4.28. The molecule has 2 aliphatic rings. The third kappa shape index (κ3) is 3.69. The molecule has 0 unspecified atom stereocenters. The van der Waals surface area contributed by atoms with E-state index in [1.807, 2.05) is 30.3 Å². The summed E-state index contributed by atoms with van der Waals surface area (Å²) >= 11 is 0. The summed E-state index contributed by atoms with van der Waals surface area (Å²) in [6.07, 6.45) is -0.306. The van der Waals surface area contributed by atoms with Gasteiger partial charge in [-0.25, -0.2) is 4.79 Å². The van der Waals surface area contributed by atoms with Gasteiger partial charge in [-0.2, -0.15) is 0 Å². The Kier molecular flexibility index (Phi) is 5.07. The lowest BCUT2D eigenvalue weighted by molar-refractivity contribution is -0.144.